The largest absolute Gasteiger partial charge is 0.486 e. The molecule has 0 spiro atoms. The highest BCUT2D eigenvalue weighted by Crippen LogP contribution is 2.32. The molecule has 0 aromatic heterocycles. The van der Waals surface area contributed by atoms with Crippen LogP contribution in [0.1, 0.15) is 6.92 Å². The molecule has 6 nitrogen and oxygen atoms in total. The van der Waals surface area contributed by atoms with Gasteiger partial charge in [0.1, 0.15) is 13.2 Å². The Morgan fingerprint density at radius 1 is 1.08 bits per heavy atom. The maximum atomic E-state index is 12.4. The monoisotopic (exact) mass is 379 g/mol. The van der Waals surface area contributed by atoms with Gasteiger partial charge in [-0.15, -0.1) is 11.8 Å². The van der Waals surface area contributed by atoms with Gasteiger partial charge in [-0.1, -0.05) is 18.2 Å². The number of nitrogens with one attached hydrogen (secondary N) is 1. The maximum Gasteiger partial charge on any atom is 0.264 e. The summed E-state index contributed by atoms with van der Waals surface area (Å²) in [6.45, 7) is 2.43. The molecule has 2 aromatic rings. The van der Waals surface area contributed by atoms with Crippen molar-refractivity contribution in [2.75, 3.05) is 13.2 Å². The Morgan fingerprint density at radius 2 is 1.76 bits per heavy atom. The second-order valence-electron chi connectivity index (χ2n) is 5.35. The lowest BCUT2D eigenvalue weighted by atomic mass is 10.3. The number of thioether (sulfide) groups is 1. The molecule has 132 valence electrons. The summed E-state index contributed by atoms with van der Waals surface area (Å²) in [5.74, 6) is 0.265. The van der Waals surface area contributed by atoms with Crippen molar-refractivity contribution in [3.8, 4) is 11.5 Å². The fraction of sp³-hybridized carbons (Fsp3) is 0.235. The number of hydrogen-bond acceptors (Lipinski definition) is 6. The molecule has 0 fully saturated rings. The molecule has 2 aromatic carbocycles. The van der Waals surface area contributed by atoms with Crippen molar-refractivity contribution in [3.63, 3.8) is 0 Å². The highest BCUT2D eigenvalue weighted by Gasteiger charge is 2.24. The van der Waals surface area contributed by atoms with E-state index in [1.807, 2.05) is 30.3 Å². The number of ether oxygens (including phenoxy) is 2. The number of rotatable bonds is 5. The van der Waals surface area contributed by atoms with Crippen LogP contribution in [0.15, 0.2) is 58.3 Å². The summed E-state index contributed by atoms with van der Waals surface area (Å²) in [5.41, 5.74) is 0. The third-order valence-electron chi connectivity index (χ3n) is 3.48. The molecule has 25 heavy (non-hydrogen) atoms. The van der Waals surface area contributed by atoms with Crippen LogP contribution < -0.4 is 14.2 Å². The molecule has 3 rings (SSSR count). The minimum absolute atomic E-state index is 0.0398. The van der Waals surface area contributed by atoms with Crippen molar-refractivity contribution in [2.45, 2.75) is 22.0 Å². The molecule has 1 heterocycles. The minimum Gasteiger partial charge on any atom is -0.486 e. The second kappa shape index (κ2) is 7.37. The zero-order valence-corrected chi connectivity index (χ0v) is 15.1. The molecule has 1 atom stereocenters. The summed E-state index contributed by atoms with van der Waals surface area (Å²) in [7, 11) is -3.98. The summed E-state index contributed by atoms with van der Waals surface area (Å²) in [6.07, 6.45) is 0. The number of amides is 1. The standard InChI is InChI=1S/C17H17NO5S2/c1-12(24-13-5-3-2-4-6-13)17(19)18-25(20,21)14-7-8-15-16(11-14)23-10-9-22-15/h2-8,11-12H,9-10H2,1H3,(H,18,19)/t12-/m0/s1. The normalized spacial score (nSPS) is 14.6. The first-order chi connectivity index (χ1) is 12.0. The highest BCUT2D eigenvalue weighted by molar-refractivity contribution is 8.00. The average Bonchev–Trinajstić information content (AvgIpc) is 2.61. The van der Waals surface area contributed by atoms with Gasteiger partial charge in [0, 0.05) is 11.0 Å². The number of sulfonamides is 1. The Balaban J connectivity index is 1.71. The molecule has 1 aliphatic heterocycles. The lowest BCUT2D eigenvalue weighted by Gasteiger charge is -2.19. The van der Waals surface area contributed by atoms with Crippen molar-refractivity contribution in [1.82, 2.24) is 4.72 Å². The van der Waals surface area contributed by atoms with Gasteiger partial charge in [-0.3, -0.25) is 4.79 Å². The van der Waals surface area contributed by atoms with Crippen LogP contribution in [0.2, 0.25) is 0 Å². The first-order valence-electron chi connectivity index (χ1n) is 7.64. The Bertz CT molecular complexity index is 868. The first-order valence-corrected chi connectivity index (χ1v) is 10.00. The predicted molar refractivity (Wildman–Crippen MR) is 94.5 cm³/mol. The maximum absolute atomic E-state index is 12.4. The highest BCUT2D eigenvalue weighted by atomic mass is 32.2. The van der Waals surface area contributed by atoms with Gasteiger partial charge >= 0.3 is 0 Å². The summed E-state index contributed by atoms with van der Waals surface area (Å²) >= 11 is 1.29. The molecule has 0 bridgehead atoms. The van der Waals surface area contributed by atoms with Gasteiger partial charge in [-0.25, -0.2) is 13.1 Å². The summed E-state index contributed by atoms with van der Waals surface area (Å²) in [6, 6.07) is 13.6. The van der Waals surface area contributed by atoms with Crippen LogP contribution >= 0.6 is 11.8 Å². The third kappa shape index (κ3) is 4.26. The quantitative estimate of drug-likeness (QED) is 0.804. The molecule has 0 saturated carbocycles. The van der Waals surface area contributed by atoms with Gasteiger partial charge in [0.05, 0.1) is 10.1 Å². The Kier molecular flexibility index (Phi) is 5.19. The van der Waals surface area contributed by atoms with Crippen LogP contribution in [-0.4, -0.2) is 32.8 Å². The second-order valence-corrected chi connectivity index (χ2v) is 8.44. The van der Waals surface area contributed by atoms with Crippen molar-refractivity contribution in [1.29, 1.82) is 0 Å². The van der Waals surface area contributed by atoms with Crippen molar-refractivity contribution in [3.05, 3.63) is 48.5 Å². The molecule has 1 aliphatic rings. The van der Waals surface area contributed by atoms with Gasteiger partial charge in [0.25, 0.3) is 10.0 Å². The molecule has 0 radical (unpaired) electrons. The molecule has 0 aliphatic carbocycles. The van der Waals surface area contributed by atoms with Gasteiger partial charge in [0.15, 0.2) is 11.5 Å². The smallest absolute Gasteiger partial charge is 0.264 e. The predicted octanol–water partition coefficient (Wildman–Crippen LogP) is 2.44. The van der Waals surface area contributed by atoms with E-state index < -0.39 is 21.2 Å². The molecule has 0 unspecified atom stereocenters. The summed E-state index contributed by atoms with van der Waals surface area (Å²) < 4.78 is 37.8. The zero-order valence-electron chi connectivity index (χ0n) is 13.5. The van der Waals surface area contributed by atoms with Crippen molar-refractivity contribution >= 4 is 27.7 Å². The third-order valence-corrected chi connectivity index (χ3v) is 5.94. The van der Waals surface area contributed by atoms with Crippen LogP contribution in [0, 0.1) is 0 Å². The van der Waals surface area contributed by atoms with E-state index in [1.54, 1.807) is 6.92 Å². The fourth-order valence-electron chi connectivity index (χ4n) is 2.22. The molecular weight excluding hydrogens is 362 g/mol. The number of carbonyl (C=O) groups excluding carboxylic acids is 1. The summed E-state index contributed by atoms with van der Waals surface area (Å²) in [4.78, 5) is 13.1. The topological polar surface area (TPSA) is 81.7 Å². The Labute approximate surface area is 150 Å². The number of carbonyl (C=O) groups is 1. The van der Waals surface area contributed by atoms with Crippen LogP contribution in [0.4, 0.5) is 0 Å². The zero-order chi connectivity index (χ0) is 17.9. The van der Waals surface area contributed by atoms with E-state index in [0.717, 1.165) is 4.90 Å². The Hall–Kier alpha value is -2.19. The number of benzene rings is 2. The molecule has 1 amide bonds. The van der Waals surface area contributed by atoms with Crippen LogP contribution in [0.25, 0.3) is 0 Å². The number of fused-ring (bicyclic) bond motifs is 1. The minimum atomic E-state index is -3.98. The van der Waals surface area contributed by atoms with Gasteiger partial charge in [-0.2, -0.15) is 0 Å². The van der Waals surface area contributed by atoms with E-state index in [1.165, 1.54) is 30.0 Å². The van der Waals surface area contributed by atoms with Gasteiger partial charge < -0.3 is 9.47 Å². The van der Waals surface area contributed by atoms with E-state index in [2.05, 4.69) is 4.72 Å². The van der Waals surface area contributed by atoms with E-state index >= 15 is 0 Å². The van der Waals surface area contributed by atoms with E-state index in [4.69, 9.17) is 9.47 Å². The molecule has 0 saturated heterocycles. The summed E-state index contributed by atoms with van der Waals surface area (Å²) in [5, 5.41) is -0.561. The van der Waals surface area contributed by atoms with Gasteiger partial charge in [-0.05, 0) is 31.2 Å². The van der Waals surface area contributed by atoms with Crippen LogP contribution in [0.3, 0.4) is 0 Å². The van der Waals surface area contributed by atoms with Crippen molar-refractivity contribution < 1.29 is 22.7 Å². The van der Waals surface area contributed by atoms with Crippen molar-refractivity contribution in [2.24, 2.45) is 0 Å². The lowest BCUT2D eigenvalue weighted by molar-refractivity contribution is -0.118. The average molecular weight is 379 g/mol. The number of hydrogen-bond donors (Lipinski definition) is 1. The molecule has 8 heteroatoms. The fourth-order valence-corrected chi connectivity index (χ4v) is 4.25. The SMILES string of the molecule is C[C@H](Sc1ccccc1)C(=O)NS(=O)(=O)c1ccc2c(c1)OCCO2. The lowest BCUT2D eigenvalue weighted by Crippen LogP contribution is -2.36. The first kappa shape index (κ1) is 17.6. The van der Waals surface area contributed by atoms with E-state index in [9.17, 15) is 13.2 Å². The Morgan fingerprint density at radius 3 is 2.48 bits per heavy atom. The van der Waals surface area contributed by atoms with Crippen LogP contribution in [-0.2, 0) is 14.8 Å². The van der Waals surface area contributed by atoms with E-state index in [-0.39, 0.29) is 4.90 Å². The van der Waals surface area contributed by atoms with Gasteiger partial charge in [0.2, 0.25) is 5.91 Å². The van der Waals surface area contributed by atoms with Crippen LogP contribution in [0.5, 0.6) is 11.5 Å². The molecule has 1 N–H and O–H groups in total. The molecular formula is C17H17NO5S2. The van der Waals surface area contributed by atoms with E-state index in [0.29, 0.717) is 24.7 Å².